The minimum atomic E-state index is -0.156. The monoisotopic (exact) mass is 305 g/mol. The smallest absolute Gasteiger partial charge is 0.243 e. The number of thiazole rings is 1. The molecule has 3 heterocycles. The highest BCUT2D eigenvalue weighted by Gasteiger charge is 2.32. The van der Waals surface area contributed by atoms with E-state index in [2.05, 4.69) is 20.3 Å². The SMILES string of the molecule is C[C@H](C(=O)Nc1nccs1)N1CCC[C@@H]1Cn1cccn1. The van der Waals surface area contributed by atoms with E-state index < -0.39 is 0 Å². The lowest BCUT2D eigenvalue weighted by atomic mass is 10.2. The fraction of sp³-hybridized carbons (Fsp3) is 0.500. The molecule has 0 bridgehead atoms. The normalized spacial score (nSPS) is 20.5. The number of rotatable bonds is 5. The van der Waals surface area contributed by atoms with Crippen LogP contribution in [0.25, 0.3) is 0 Å². The topological polar surface area (TPSA) is 63.1 Å². The largest absolute Gasteiger partial charge is 0.301 e. The lowest BCUT2D eigenvalue weighted by molar-refractivity contribution is -0.121. The van der Waals surface area contributed by atoms with Crippen LogP contribution in [0, 0.1) is 0 Å². The zero-order valence-electron chi connectivity index (χ0n) is 12.0. The fourth-order valence-electron chi connectivity index (χ4n) is 2.83. The molecular formula is C14H19N5OS. The Morgan fingerprint density at radius 2 is 2.48 bits per heavy atom. The molecule has 0 spiro atoms. The second kappa shape index (κ2) is 6.36. The summed E-state index contributed by atoms with van der Waals surface area (Å²) in [7, 11) is 0. The quantitative estimate of drug-likeness (QED) is 0.915. The molecule has 1 saturated heterocycles. The van der Waals surface area contributed by atoms with Crippen LogP contribution in [0.15, 0.2) is 30.0 Å². The van der Waals surface area contributed by atoms with Gasteiger partial charge in [0.2, 0.25) is 5.91 Å². The van der Waals surface area contributed by atoms with Gasteiger partial charge in [0.05, 0.1) is 12.6 Å². The molecule has 0 radical (unpaired) electrons. The van der Waals surface area contributed by atoms with Gasteiger partial charge in [-0.15, -0.1) is 11.3 Å². The molecule has 1 aliphatic heterocycles. The van der Waals surface area contributed by atoms with Crippen molar-refractivity contribution in [2.45, 2.75) is 38.4 Å². The van der Waals surface area contributed by atoms with Crippen LogP contribution in [-0.4, -0.2) is 44.2 Å². The van der Waals surface area contributed by atoms with Crippen molar-refractivity contribution in [2.24, 2.45) is 0 Å². The summed E-state index contributed by atoms with van der Waals surface area (Å²) >= 11 is 1.44. The molecule has 112 valence electrons. The Labute approximate surface area is 127 Å². The van der Waals surface area contributed by atoms with Gasteiger partial charge >= 0.3 is 0 Å². The predicted molar refractivity (Wildman–Crippen MR) is 82.2 cm³/mol. The standard InChI is InChI=1S/C14H19N5OS/c1-11(13(20)17-14-15-6-9-21-14)19-8-2-4-12(19)10-18-7-3-5-16-18/h3,5-7,9,11-12H,2,4,8,10H2,1H3,(H,15,17,20)/t11-,12-/m1/s1. The summed E-state index contributed by atoms with van der Waals surface area (Å²) in [5.41, 5.74) is 0. The number of amides is 1. The summed E-state index contributed by atoms with van der Waals surface area (Å²) in [6, 6.07) is 2.14. The molecule has 2 aromatic rings. The molecule has 1 amide bonds. The molecule has 1 aliphatic rings. The number of nitrogens with one attached hydrogen (secondary N) is 1. The first kappa shape index (κ1) is 14.2. The molecule has 0 aliphatic carbocycles. The van der Waals surface area contributed by atoms with Gasteiger partial charge in [0.25, 0.3) is 0 Å². The van der Waals surface area contributed by atoms with Gasteiger partial charge in [-0.1, -0.05) is 0 Å². The van der Waals surface area contributed by atoms with Crippen LogP contribution in [0.4, 0.5) is 5.13 Å². The maximum atomic E-state index is 12.3. The van der Waals surface area contributed by atoms with Crippen molar-refractivity contribution in [1.82, 2.24) is 19.7 Å². The van der Waals surface area contributed by atoms with Crippen LogP contribution in [-0.2, 0) is 11.3 Å². The van der Waals surface area contributed by atoms with Gasteiger partial charge < -0.3 is 5.32 Å². The molecule has 0 unspecified atom stereocenters. The van der Waals surface area contributed by atoms with Crippen molar-refractivity contribution in [3.8, 4) is 0 Å². The molecule has 2 aromatic heterocycles. The average Bonchev–Trinajstić information content (AvgIpc) is 3.20. The summed E-state index contributed by atoms with van der Waals surface area (Å²) in [4.78, 5) is 18.7. The third-order valence-electron chi connectivity index (χ3n) is 3.92. The molecule has 3 rings (SSSR count). The first-order chi connectivity index (χ1) is 10.2. The maximum absolute atomic E-state index is 12.3. The maximum Gasteiger partial charge on any atom is 0.243 e. The van der Waals surface area contributed by atoms with Gasteiger partial charge in [0.1, 0.15) is 0 Å². The Morgan fingerprint density at radius 1 is 1.57 bits per heavy atom. The predicted octanol–water partition coefficient (Wildman–Crippen LogP) is 1.83. The van der Waals surface area contributed by atoms with E-state index in [1.165, 1.54) is 11.3 Å². The van der Waals surface area contributed by atoms with E-state index in [0.717, 1.165) is 25.9 Å². The minimum absolute atomic E-state index is 0.0114. The van der Waals surface area contributed by atoms with Crippen LogP contribution >= 0.6 is 11.3 Å². The first-order valence-electron chi connectivity index (χ1n) is 7.17. The summed E-state index contributed by atoms with van der Waals surface area (Å²) in [5, 5.41) is 9.66. The third-order valence-corrected chi connectivity index (χ3v) is 4.61. The van der Waals surface area contributed by atoms with E-state index in [-0.39, 0.29) is 11.9 Å². The highest BCUT2D eigenvalue weighted by atomic mass is 32.1. The van der Waals surface area contributed by atoms with Gasteiger partial charge in [-0.05, 0) is 32.4 Å². The van der Waals surface area contributed by atoms with Crippen LogP contribution in [0.1, 0.15) is 19.8 Å². The van der Waals surface area contributed by atoms with E-state index in [0.29, 0.717) is 11.2 Å². The zero-order valence-corrected chi connectivity index (χ0v) is 12.8. The van der Waals surface area contributed by atoms with E-state index in [1.807, 2.05) is 29.2 Å². The summed E-state index contributed by atoms with van der Waals surface area (Å²) in [6.45, 7) is 3.75. The van der Waals surface area contributed by atoms with Crippen LogP contribution in [0.2, 0.25) is 0 Å². The number of aromatic nitrogens is 3. The second-order valence-corrected chi connectivity index (χ2v) is 6.16. The Kier molecular flexibility index (Phi) is 4.31. The third kappa shape index (κ3) is 3.30. The molecule has 21 heavy (non-hydrogen) atoms. The molecule has 6 nitrogen and oxygen atoms in total. The van der Waals surface area contributed by atoms with Crippen LogP contribution < -0.4 is 5.32 Å². The molecule has 1 fully saturated rings. The highest BCUT2D eigenvalue weighted by molar-refractivity contribution is 7.13. The van der Waals surface area contributed by atoms with Crippen molar-refractivity contribution < 1.29 is 4.79 Å². The molecule has 1 N–H and O–H groups in total. The minimum Gasteiger partial charge on any atom is -0.301 e. The second-order valence-electron chi connectivity index (χ2n) is 5.26. The number of carbonyl (C=O) groups is 1. The van der Waals surface area contributed by atoms with Crippen molar-refractivity contribution >= 4 is 22.4 Å². The summed E-state index contributed by atoms with van der Waals surface area (Å²) in [6.07, 6.45) is 7.69. The van der Waals surface area contributed by atoms with Crippen molar-refractivity contribution in [3.05, 3.63) is 30.0 Å². The summed E-state index contributed by atoms with van der Waals surface area (Å²) < 4.78 is 1.94. The number of anilines is 1. The molecule has 0 aromatic carbocycles. The Morgan fingerprint density at radius 3 is 3.19 bits per heavy atom. The van der Waals surface area contributed by atoms with Crippen molar-refractivity contribution in [3.63, 3.8) is 0 Å². The van der Waals surface area contributed by atoms with E-state index >= 15 is 0 Å². The van der Waals surface area contributed by atoms with Gasteiger partial charge in [-0.25, -0.2) is 4.98 Å². The van der Waals surface area contributed by atoms with E-state index in [1.54, 1.807) is 12.4 Å². The van der Waals surface area contributed by atoms with Gasteiger partial charge in [-0.2, -0.15) is 5.10 Å². The number of carbonyl (C=O) groups excluding carboxylic acids is 1. The number of nitrogens with zero attached hydrogens (tertiary/aromatic N) is 4. The summed E-state index contributed by atoms with van der Waals surface area (Å²) in [5.74, 6) is 0.0114. The molecule has 0 saturated carbocycles. The number of hydrogen-bond acceptors (Lipinski definition) is 5. The highest BCUT2D eigenvalue weighted by Crippen LogP contribution is 2.22. The Hall–Kier alpha value is -1.73. The zero-order chi connectivity index (χ0) is 14.7. The lowest BCUT2D eigenvalue weighted by Gasteiger charge is -2.29. The Bertz CT molecular complexity index is 568. The van der Waals surface area contributed by atoms with Crippen molar-refractivity contribution in [2.75, 3.05) is 11.9 Å². The molecule has 7 heteroatoms. The molecule has 2 atom stereocenters. The van der Waals surface area contributed by atoms with Gasteiger partial charge in [0, 0.05) is 30.0 Å². The van der Waals surface area contributed by atoms with Crippen LogP contribution in [0.3, 0.4) is 0 Å². The number of hydrogen-bond donors (Lipinski definition) is 1. The average molecular weight is 305 g/mol. The van der Waals surface area contributed by atoms with E-state index in [9.17, 15) is 4.79 Å². The van der Waals surface area contributed by atoms with Crippen LogP contribution in [0.5, 0.6) is 0 Å². The fourth-order valence-corrected chi connectivity index (χ4v) is 3.37. The van der Waals surface area contributed by atoms with Gasteiger partial charge in [0.15, 0.2) is 5.13 Å². The first-order valence-corrected chi connectivity index (χ1v) is 8.05. The van der Waals surface area contributed by atoms with E-state index in [4.69, 9.17) is 0 Å². The molecular weight excluding hydrogens is 286 g/mol. The number of likely N-dealkylation sites (tertiary alicyclic amines) is 1. The van der Waals surface area contributed by atoms with Crippen molar-refractivity contribution in [1.29, 1.82) is 0 Å². The lowest BCUT2D eigenvalue weighted by Crippen LogP contribution is -2.46. The Balaban J connectivity index is 1.62. The van der Waals surface area contributed by atoms with Gasteiger partial charge in [-0.3, -0.25) is 14.4 Å².